The summed E-state index contributed by atoms with van der Waals surface area (Å²) in [5.74, 6) is 0.853. The molecule has 0 bridgehead atoms. The summed E-state index contributed by atoms with van der Waals surface area (Å²) >= 11 is 12.0. The number of carbonyl (C=O) groups is 1. The van der Waals surface area contributed by atoms with Gasteiger partial charge in [0.25, 0.3) is 5.91 Å². The fourth-order valence-corrected chi connectivity index (χ4v) is 3.15. The van der Waals surface area contributed by atoms with Crippen molar-refractivity contribution in [2.75, 3.05) is 5.32 Å². The van der Waals surface area contributed by atoms with Gasteiger partial charge in [0.15, 0.2) is 6.10 Å². The van der Waals surface area contributed by atoms with Crippen molar-refractivity contribution < 1.29 is 13.9 Å². The molecule has 0 radical (unpaired) electrons. The van der Waals surface area contributed by atoms with Crippen molar-refractivity contribution in [2.45, 2.75) is 13.0 Å². The summed E-state index contributed by atoms with van der Waals surface area (Å²) in [5, 5.41) is 11.9. The van der Waals surface area contributed by atoms with Crippen molar-refractivity contribution in [1.29, 1.82) is 0 Å². The number of aromatic nitrogens is 2. The third-order valence-electron chi connectivity index (χ3n) is 4.43. The van der Waals surface area contributed by atoms with Gasteiger partial charge in [-0.3, -0.25) is 4.79 Å². The van der Waals surface area contributed by atoms with Crippen LogP contribution in [0.25, 0.3) is 22.9 Å². The molecule has 0 aliphatic rings. The maximum absolute atomic E-state index is 12.7. The summed E-state index contributed by atoms with van der Waals surface area (Å²) < 4.78 is 11.5. The molecule has 0 aliphatic carbocycles. The number of carbonyl (C=O) groups excluding carboxylic acids is 1. The molecule has 0 aliphatic heterocycles. The molecule has 1 unspecified atom stereocenters. The summed E-state index contributed by atoms with van der Waals surface area (Å²) in [6.07, 6.45) is -0.704. The van der Waals surface area contributed by atoms with E-state index < -0.39 is 6.10 Å². The van der Waals surface area contributed by atoms with E-state index >= 15 is 0 Å². The number of anilines is 1. The first-order chi connectivity index (χ1) is 15.0. The topological polar surface area (TPSA) is 77.2 Å². The van der Waals surface area contributed by atoms with Gasteiger partial charge in [-0.15, -0.1) is 10.2 Å². The smallest absolute Gasteiger partial charge is 0.265 e. The third kappa shape index (κ3) is 4.87. The minimum Gasteiger partial charge on any atom is -0.481 e. The minimum atomic E-state index is -0.704. The van der Waals surface area contributed by atoms with Gasteiger partial charge >= 0.3 is 0 Å². The number of benzene rings is 3. The number of halogens is 2. The SMILES string of the molecule is CC(Oc1ccccc1)C(=O)Nc1ccccc1-c1nnc(-c2ccc(Cl)c(Cl)c2)o1. The number of nitrogens with zero attached hydrogens (tertiary/aromatic N) is 2. The Morgan fingerprint density at radius 3 is 2.42 bits per heavy atom. The fourth-order valence-electron chi connectivity index (χ4n) is 2.85. The Morgan fingerprint density at radius 1 is 0.935 bits per heavy atom. The van der Waals surface area contributed by atoms with Gasteiger partial charge in [0.1, 0.15) is 5.75 Å². The molecule has 4 aromatic rings. The molecule has 0 saturated heterocycles. The molecule has 8 heteroatoms. The average molecular weight is 454 g/mol. The van der Waals surface area contributed by atoms with Crippen LogP contribution in [0.5, 0.6) is 5.75 Å². The van der Waals surface area contributed by atoms with Gasteiger partial charge < -0.3 is 14.5 Å². The van der Waals surface area contributed by atoms with Crippen LogP contribution >= 0.6 is 23.2 Å². The molecule has 156 valence electrons. The fraction of sp³-hybridized carbons (Fsp3) is 0.0870. The molecule has 1 heterocycles. The number of nitrogens with one attached hydrogen (secondary N) is 1. The lowest BCUT2D eigenvalue weighted by atomic mass is 10.1. The number of amides is 1. The van der Waals surface area contributed by atoms with Crippen molar-refractivity contribution in [1.82, 2.24) is 10.2 Å². The molecule has 1 atom stereocenters. The first-order valence-corrected chi connectivity index (χ1v) is 10.2. The summed E-state index contributed by atoms with van der Waals surface area (Å²) in [6, 6.07) is 21.4. The van der Waals surface area contributed by atoms with E-state index in [9.17, 15) is 4.79 Å². The summed E-state index contributed by atoms with van der Waals surface area (Å²) in [5.41, 5.74) is 1.75. The second kappa shape index (κ2) is 9.20. The molecule has 4 rings (SSSR count). The van der Waals surface area contributed by atoms with Crippen LogP contribution in [-0.4, -0.2) is 22.2 Å². The van der Waals surface area contributed by atoms with Crippen LogP contribution in [0.4, 0.5) is 5.69 Å². The van der Waals surface area contributed by atoms with Gasteiger partial charge in [-0.05, 0) is 49.4 Å². The van der Waals surface area contributed by atoms with E-state index in [4.69, 9.17) is 32.4 Å². The zero-order chi connectivity index (χ0) is 21.8. The van der Waals surface area contributed by atoms with E-state index in [0.29, 0.717) is 32.6 Å². The Labute approximate surface area is 188 Å². The zero-order valence-electron chi connectivity index (χ0n) is 16.4. The third-order valence-corrected chi connectivity index (χ3v) is 5.17. The van der Waals surface area contributed by atoms with Crippen LogP contribution in [0.15, 0.2) is 77.2 Å². The van der Waals surface area contributed by atoms with Crippen LogP contribution in [-0.2, 0) is 4.79 Å². The van der Waals surface area contributed by atoms with Gasteiger partial charge in [-0.25, -0.2) is 0 Å². The first-order valence-electron chi connectivity index (χ1n) is 9.42. The Balaban J connectivity index is 1.54. The van der Waals surface area contributed by atoms with Crippen LogP contribution in [0, 0.1) is 0 Å². The van der Waals surface area contributed by atoms with E-state index in [0.717, 1.165) is 0 Å². The molecule has 6 nitrogen and oxygen atoms in total. The van der Waals surface area contributed by atoms with Gasteiger partial charge in [0.05, 0.1) is 21.3 Å². The summed E-state index contributed by atoms with van der Waals surface area (Å²) in [6.45, 7) is 1.68. The predicted molar refractivity (Wildman–Crippen MR) is 120 cm³/mol. The van der Waals surface area contributed by atoms with E-state index in [2.05, 4.69) is 15.5 Å². The quantitative estimate of drug-likeness (QED) is 0.380. The van der Waals surface area contributed by atoms with Gasteiger partial charge in [-0.2, -0.15) is 0 Å². The second-order valence-corrected chi connectivity index (χ2v) is 7.46. The van der Waals surface area contributed by atoms with E-state index in [1.165, 1.54) is 0 Å². The molecule has 1 N–H and O–H groups in total. The molecular formula is C23H17Cl2N3O3. The van der Waals surface area contributed by atoms with Crippen molar-refractivity contribution in [2.24, 2.45) is 0 Å². The Kier molecular flexibility index (Phi) is 6.21. The monoisotopic (exact) mass is 453 g/mol. The zero-order valence-corrected chi connectivity index (χ0v) is 17.9. The van der Waals surface area contributed by atoms with Crippen molar-refractivity contribution in [3.05, 3.63) is 82.8 Å². The average Bonchev–Trinajstić information content (AvgIpc) is 3.27. The van der Waals surface area contributed by atoms with Crippen molar-refractivity contribution >= 4 is 34.8 Å². The number of para-hydroxylation sites is 2. The van der Waals surface area contributed by atoms with Gasteiger partial charge in [0, 0.05) is 5.56 Å². The van der Waals surface area contributed by atoms with Gasteiger partial charge in [-0.1, -0.05) is 53.5 Å². The largest absolute Gasteiger partial charge is 0.481 e. The van der Waals surface area contributed by atoms with Gasteiger partial charge in [0.2, 0.25) is 11.8 Å². The number of rotatable bonds is 6. The lowest BCUT2D eigenvalue weighted by Gasteiger charge is -2.15. The number of ether oxygens (including phenoxy) is 1. The Bertz CT molecular complexity index is 1210. The Morgan fingerprint density at radius 2 is 1.65 bits per heavy atom. The maximum atomic E-state index is 12.7. The van der Waals surface area contributed by atoms with E-state index in [-0.39, 0.29) is 17.7 Å². The van der Waals surface area contributed by atoms with Crippen molar-refractivity contribution in [3.63, 3.8) is 0 Å². The number of hydrogen-bond acceptors (Lipinski definition) is 5. The summed E-state index contributed by atoms with van der Waals surface area (Å²) in [4.78, 5) is 12.7. The normalized spacial score (nSPS) is 11.7. The molecule has 0 spiro atoms. The molecule has 3 aromatic carbocycles. The lowest BCUT2D eigenvalue weighted by Crippen LogP contribution is -2.30. The number of hydrogen-bond donors (Lipinski definition) is 1. The van der Waals surface area contributed by atoms with Crippen LogP contribution < -0.4 is 10.1 Å². The second-order valence-electron chi connectivity index (χ2n) is 6.65. The highest BCUT2D eigenvalue weighted by molar-refractivity contribution is 6.42. The summed E-state index contributed by atoms with van der Waals surface area (Å²) in [7, 11) is 0. The first kappa shape index (κ1) is 20.9. The lowest BCUT2D eigenvalue weighted by molar-refractivity contribution is -0.122. The Hall–Kier alpha value is -3.35. The molecular weight excluding hydrogens is 437 g/mol. The van der Waals surface area contributed by atoms with Crippen LogP contribution in [0.3, 0.4) is 0 Å². The molecule has 0 saturated carbocycles. The maximum Gasteiger partial charge on any atom is 0.265 e. The standard InChI is InChI=1S/C23H17Cl2N3O3/c1-14(30-16-7-3-2-4-8-16)21(29)26-20-10-6-5-9-17(20)23-28-27-22(31-23)15-11-12-18(24)19(25)13-15/h2-14H,1H3,(H,26,29). The highest BCUT2D eigenvalue weighted by Crippen LogP contribution is 2.32. The van der Waals surface area contributed by atoms with E-state index in [1.807, 2.05) is 24.3 Å². The molecule has 1 aromatic heterocycles. The minimum absolute atomic E-state index is 0.258. The molecule has 31 heavy (non-hydrogen) atoms. The van der Waals surface area contributed by atoms with E-state index in [1.54, 1.807) is 55.5 Å². The van der Waals surface area contributed by atoms with Crippen LogP contribution in [0.2, 0.25) is 10.0 Å². The molecule has 1 amide bonds. The van der Waals surface area contributed by atoms with Crippen molar-refractivity contribution in [3.8, 4) is 28.7 Å². The van der Waals surface area contributed by atoms with Crippen LogP contribution in [0.1, 0.15) is 6.92 Å². The predicted octanol–water partition coefficient (Wildman–Crippen LogP) is 6.12. The highest BCUT2D eigenvalue weighted by Gasteiger charge is 2.19. The highest BCUT2D eigenvalue weighted by atomic mass is 35.5. The molecule has 0 fully saturated rings.